The van der Waals surface area contributed by atoms with Crippen molar-refractivity contribution in [1.82, 2.24) is 9.80 Å². The predicted octanol–water partition coefficient (Wildman–Crippen LogP) is 3.73. The highest BCUT2D eigenvalue weighted by Crippen LogP contribution is 2.41. The number of likely N-dealkylation sites (tertiary alicyclic amines) is 1. The molecular weight excluding hydrogens is 512 g/mol. The Kier molecular flexibility index (Phi) is 8.33. The number of aromatic hydroxyl groups is 1. The maximum atomic E-state index is 13.4. The molecule has 0 bridgehead atoms. The Hall–Kier alpha value is -4.34. The first-order valence-electron chi connectivity index (χ1n) is 13.2. The van der Waals surface area contributed by atoms with Gasteiger partial charge in [0, 0.05) is 31.7 Å². The van der Waals surface area contributed by atoms with Gasteiger partial charge in [0.05, 0.1) is 31.9 Å². The number of carbonyl (C=O) groups excluding carboxylic acids is 2. The molecule has 3 aromatic rings. The molecule has 0 saturated carbocycles. The number of morpholine rings is 1. The lowest BCUT2D eigenvalue weighted by molar-refractivity contribution is -0.140. The van der Waals surface area contributed by atoms with Crippen LogP contribution in [0.25, 0.3) is 5.76 Å². The van der Waals surface area contributed by atoms with Crippen molar-refractivity contribution in [3.8, 4) is 17.2 Å². The van der Waals surface area contributed by atoms with E-state index in [1.165, 1.54) is 18.1 Å². The summed E-state index contributed by atoms with van der Waals surface area (Å²) in [5.41, 5.74) is 1.93. The quantitative estimate of drug-likeness (QED) is 0.238. The van der Waals surface area contributed by atoms with E-state index in [-0.39, 0.29) is 29.4 Å². The number of benzene rings is 3. The molecule has 2 N–H and O–H groups in total. The minimum absolute atomic E-state index is 0.0160. The highest BCUT2D eigenvalue weighted by atomic mass is 16.5. The van der Waals surface area contributed by atoms with Gasteiger partial charge in [-0.1, -0.05) is 36.4 Å². The van der Waals surface area contributed by atoms with Gasteiger partial charge in [0.1, 0.15) is 18.1 Å². The standard InChI is InChI=1S/C31H32N2O7/c1-38-26-19-23(9-12-25(26)34)28-27(30(36)31(37)33(28)14-13-32-15-17-39-18-16-32)29(35)22-7-10-24(11-8-22)40-20-21-5-3-2-4-6-21/h2-12,19,28,34-35H,13-18,20H2,1H3/b29-27+. The molecule has 9 nitrogen and oxygen atoms in total. The van der Waals surface area contributed by atoms with Gasteiger partial charge >= 0.3 is 0 Å². The zero-order chi connectivity index (χ0) is 28.1. The van der Waals surface area contributed by atoms with Gasteiger partial charge in [-0.2, -0.15) is 0 Å². The minimum atomic E-state index is -0.857. The van der Waals surface area contributed by atoms with Crippen molar-refractivity contribution in [2.45, 2.75) is 12.6 Å². The number of ketones is 1. The third-order valence-corrected chi connectivity index (χ3v) is 7.20. The molecule has 2 heterocycles. The second-order valence-electron chi connectivity index (χ2n) is 9.68. The average molecular weight is 545 g/mol. The molecular formula is C31H32N2O7. The van der Waals surface area contributed by atoms with E-state index < -0.39 is 17.7 Å². The Morgan fingerprint density at radius 3 is 2.40 bits per heavy atom. The first kappa shape index (κ1) is 27.2. The van der Waals surface area contributed by atoms with Gasteiger partial charge in [-0.15, -0.1) is 0 Å². The minimum Gasteiger partial charge on any atom is -0.507 e. The van der Waals surface area contributed by atoms with Crippen molar-refractivity contribution >= 4 is 17.4 Å². The largest absolute Gasteiger partial charge is 0.507 e. The van der Waals surface area contributed by atoms with Crippen molar-refractivity contribution in [2.24, 2.45) is 0 Å². The van der Waals surface area contributed by atoms with Gasteiger partial charge in [0.15, 0.2) is 11.5 Å². The first-order chi connectivity index (χ1) is 19.5. The Morgan fingerprint density at radius 1 is 0.975 bits per heavy atom. The topological polar surface area (TPSA) is 109 Å². The molecule has 208 valence electrons. The van der Waals surface area contributed by atoms with E-state index >= 15 is 0 Å². The van der Waals surface area contributed by atoms with E-state index in [4.69, 9.17) is 14.2 Å². The molecule has 1 amide bonds. The van der Waals surface area contributed by atoms with Gasteiger partial charge < -0.3 is 29.3 Å². The summed E-state index contributed by atoms with van der Waals surface area (Å²) in [4.78, 5) is 30.3. The second-order valence-corrected chi connectivity index (χ2v) is 9.68. The molecule has 5 rings (SSSR count). The fourth-order valence-electron chi connectivity index (χ4n) is 5.00. The van der Waals surface area contributed by atoms with Crippen LogP contribution in [0, 0.1) is 0 Å². The third-order valence-electron chi connectivity index (χ3n) is 7.20. The number of methoxy groups -OCH3 is 1. The maximum Gasteiger partial charge on any atom is 0.295 e. The number of nitrogens with zero attached hydrogens (tertiary/aromatic N) is 2. The van der Waals surface area contributed by atoms with Gasteiger partial charge in [-0.25, -0.2) is 0 Å². The molecule has 1 unspecified atom stereocenters. The second kappa shape index (κ2) is 12.2. The van der Waals surface area contributed by atoms with Crippen molar-refractivity contribution in [1.29, 1.82) is 0 Å². The molecule has 2 aliphatic rings. The number of amides is 1. The number of aliphatic hydroxyl groups excluding tert-OH is 1. The Labute approximate surface area is 232 Å². The van der Waals surface area contributed by atoms with Crippen LogP contribution in [-0.4, -0.2) is 78.2 Å². The molecule has 40 heavy (non-hydrogen) atoms. The summed E-state index contributed by atoms with van der Waals surface area (Å²) in [6, 6.07) is 20.3. The lowest BCUT2D eigenvalue weighted by atomic mass is 9.95. The molecule has 1 atom stereocenters. The van der Waals surface area contributed by atoms with Gasteiger partial charge in [0.25, 0.3) is 11.7 Å². The van der Waals surface area contributed by atoms with E-state index in [0.717, 1.165) is 18.7 Å². The van der Waals surface area contributed by atoms with Gasteiger partial charge in [0.2, 0.25) is 0 Å². The molecule has 2 saturated heterocycles. The highest BCUT2D eigenvalue weighted by molar-refractivity contribution is 6.46. The third kappa shape index (κ3) is 5.80. The van der Waals surface area contributed by atoms with Gasteiger partial charge in [-0.05, 0) is 47.5 Å². The number of carbonyl (C=O) groups is 2. The molecule has 2 fully saturated rings. The average Bonchev–Trinajstić information content (AvgIpc) is 3.25. The van der Waals surface area contributed by atoms with Crippen LogP contribution in [0.4, 0.5) is 0 Å². The van der Waals surface area contributed by atoms with Crippen molar-refractivity contribution in [2.75, 3.05) is 46.5 Å². The molecule has 0 aliphatic carbocycles. The molecule has 9 heteroatoms. The number of hydrogen-bond donors (Lipinski definition) is 2. The zero-order valence-electron chi connectivity index (χ0n) is 22.3. The summed E-state index contributed by atoms with van der Waals surface area (Å²) in [6.07, 6.45) is 0. The van der Waals surface area contributed by atoms with E-state index in [1.807, 2.05) is 30.3 Å². The van der Waals surface area contributed by atoms with Crippen LogP contribution in [0.15, 0.2) is 78.4 Å². The van der Waals surface area contributed by atoms with E-state index in [9.17, 15) is 19.8 Å². The monoisotopic (exact) mass is 544 g/mol. The molecule has 3 aromatic carbocycles. The van der Waals surface area contributed by atoms with Crippen LogP contribution in [0.1, 0.15) is 22.7 Å². The van der Waals surface area contributed by atoms with Gasteiger partial charge in [-0.3, -0.25) is 14.5 Å². The Bertz CT molecular complexity index is 1380. The van der Waals surface area contributed by atoms with E-state index in [1.54, 1.807) is 36.4 Å². The van der Waals surface area contributed by atoms with Crippen LogP contribution in [0.3, 0.4) is 0 Å². The van der Waals surface area contributed by atoms with Crippen LogP contribution < -0.4 is 9.47 Å². The molecule has 0 spiro atoms. The van der Waals surface area contributed by atoms with Crippen LogP contribution in [-0.2, 0) is 20.9 Å². The van der Waals surface area contributed by atoms with Crippen molar-refractivity contribution in [3.05, 3.63) is 95.1 Å². The van der Waals surface area contributed by atoms with Crippen molar-refractivity contribution < 1.29 is 34.0 Å². The molecule has 0 radical (unpaired) electrons. The maximum absolute atomic E-state index is 13.4. The lowest BCUT2D eigenvalue weighted by Gasteiger charge is -2.31. The summed E-state index contributed by atoms with van der Waals surface area (Å²) in [5, 5.41) is 21.5. The smallest absolute Gasteiger partial charge is 0.295 e. The SMILES string of the molecule is COc1cc(C2/C(=C(\O)c3ccc(OCc4ccccc4)cc3)C(=O)C(=O)N2CCN2CCOCC2)ccc1O. The number of phenols is 1. The summed E-state index contributed by atoms with van der Waals surface area (Å²) < 4.78 is 16.5. The number of hydrogen-bond acceptors (Lipinski definition) is 8. The van der Waals surface area contributed by atoms with E-state index in [0.29, 0.717) is 43.2 Å². The summed E-state index contributed by atoms with van der Waals surface area (Å²) >= 11 is 0. The highest BCUT2D eigenvalue weighted by Gasteiger charge is 2.46. The van der Waals surface area contributed by atoms with Crippen LogP contribution in [0.5, 0.6) is 17.2 Å². The zero-order valence-corrected chi connectivity index (χ0v) is 22.3. The van der Waals surface area contributed by atoms with E-state index in [2.05, 4.69) is 4.90 Å². The summed E-state index contributed by atoms with van der Waals surface area (Å²) in [5.74, 6) is -0.987. The normalized spacial score (nSPS) is 19.1. The number of ether oxygens (including phenoxy) is 3. The van der Waals surface area contributed by atoms with Crippen molar-refractivity contribution in [3.63, 3.8) is 0 Å². The Balaban J connectivity index is 1.45. The first-order valence-corrected chi connectivity index (χ1v) is 13.2. The molecule has 0 aromatic heterocycles. The fraction of sp³-hybridized carbons (Fsp3) is 0.290. The number of aliphatic hydroxyl groups is 1. The number of Topliss-reactive ketones (excluding diaryl/α,β-unsaturated/α-hetero) is 1. The predicted molar refractivity (Wildman–Crippen MR) is 148 cm³/mol. The fourth-order valence-corrected chi connectivity index (χ4v) is 5.00. The summed E-state index contributed by atoms with van der Waals surface area (Å²) in [6.45, 7) is 3.92. The molecule has 2 aliphatic heterocycles. The lowest BCUT2D eigenvalue weighted by Crippen LogP contribution is -2.42. The summed E-state index contributed by atoms with van der Waals surface area (Å²) in [7, 11) is 1.43. The Morgan fingerprint density at radius 2 is 1.70 bits per heavy atom. The number of rotatable bonds is 9. The van der Waals surface area contributed by atoms with Crippen LogP contribution in [0.2, 0.25) is 0 Å². The van der Waals surface area contributed by atoms with Crippen LogP contribution >= 0.6 is 0 Å². The number of phenolic OH excluding ortho intramolecular Hbond substituents is 1.